The van der Waals surface area contributed by atoms with Crippen LogP contribution in [0.2, 0.25) is 0 Å². The van der Waals surface area contributed by atoms with E-state index in [1.165, 1.54) is 4.57 Å². The second-order valence-electron chi connectivity index (χ2n) is 6.61. The third kappa shape index (κ3) is 3.94. The van der Waals surface area contributed by atoms with Crippen LogP contribution in [-0.2, 0) is 18.2 Å². The maximum atomic E-state index is 12.2. The number of hydrogen-bond acceptors (Lipinski definition) is 8. The second kappa shape index (κ2) is 7.96. The SMILES string of the molecule is CCc1noc([C@H](C)N2CCO[C@@H](CN(C)c3nccn(C)c3=O)C2)n1. The van der Waals surface area contributed by atoms with Gasteiger partial charge in [-0.05, 0) is 6.92 Å². The van der Waals surface area contributed by atoms with Crippen molar-refractivity contribution in [3.8, 4) is 0 Å². The highest BCUT2D eigenvalue weighted by atomic mass is 16.5. The minimum atomic E-state index is -0.117. The van der Waals surface area contributed by atoms with Crippen LogP contribution >= 0.6 is 0 Å². The van der Waals surface area contributed by atoms with Gasteiger partial charge in [0, 0.05) is 52.5 Å². The number of ether oxygens (including phenoxy) is 1. The highest BCUT2D eigenvalue weighted by molar-refractivity contribution is 5.34. The second-order valence-corrected chi connectivity index (χ2v) is 6.61. The lowest BCUT2D eigenvalue weighted by molar-refractivity contribution is -0.0408. The molecule has 2 atom stereocenters. The molecule has 0 N–H and O–H groups in total. The maximum absolute atomic E-state index is 12.2. The van der Waals surface area contributed by atoms with Crippen molar-refractivity contribution in [1.29, 1.82) is 0 Å². The van der Waals surface area contributed by atoms with Crippen LogP contribution in [0.25, 0.3) is 0 Å². The van der Waals surface area contributed by atoms with Crippen molar-refractivity contribution in [3.05, 3.63) is 34.5 Å². The monoisotopic (exact) mass is 362 g/mol. The van der Waals surface area contributed by atoms with Crippen LogP contribution in [0.3, 0.4) is 0 Å². The summed E-state index contributed by atoms with van der Waals surface area (Å²) in [6.45, 7) is 6.80. The first-order valence-electron chi connectivity index (χ1n) is 8.90. The molecule has 2 aromatic rings. The highest BCUT2D eigenvalue weighted by Crippen LogP contribution is 2.22. The third-order valence-corrected chi connectivity index (χ3v) is 4.71. The molecule has 0 aromatic carbocycles. The van der Waals surface area contributed by atoms with Crippen LogP contribution in [0, 0.1) is 0 Å². The van der Waals surface area contributed by atoms with E-state index in [0.717, 1.165) is 25.3 Å². The number of nitrogens with zero attached hydrogens (tertiary/aromatic N) is 6. The number of rotatable bonds is 6. The van der Waals surface area contributed by atoms with Crippen molar-refractivity contribution < 1.29 is 9.26 Å². The summed E-state index contributed by atoms with van der Waals surface area (Å²) in [4.78, 5) is 25.0. The van der Waals surface area contributed by atoms with Gasteiger partial charge < -0.3 is 18.7 Å². The normalized spacial score (nSPS) is 19.5. The number of anilines is 1. The molecular weight excluding hydrogens is 336 g/mol. The number of hydrogen-bond donors (Lipinski definition) is 0. The summed E-state index contributed by atoms with van der Waals surface area (Å²) in [6.07, 6.45) is 4.00. The van der Waals surface area contributed by atoms with E-state index in [4.69, 9.17) is 9.26 Å². The first kappa shape index (κ1) is 18.5. The molecule has 1 aliphatic rings. The Labute approximate surface area is 152 Å². The van der Waals surface area contributed by atoms with Gasteiger partial charge in [0.15, 0.2) is 11.6 Å². The fraction of sp³-hybridized carbons (Fsp3) is 0.647. The fourth-order valence-corrected chi connectivity index (χ4v) is 3.08. The fourth-order valence-electron chi connectivity index (χ4n) is 3.08. The largest absolute Gasteiger partial charge is 0.374 e. The molecule has 142 valence electrons. The summed E-state index contributed by atoms with van der Waals surface area (Å²) in [6, 6.07) is 0.0298. The highest BCUT2D eigenvalue weighted by Gasteiger charge is 2.29. The Kier molecular flexibility index (Phi) is 5.67. The van der Waals surface area contributed by atoms with E-state index in [1.54, 1.807) is 19.4 Å². The van der Waals surface area contributed by atoms with Crippen molar-refractivity contribution in [2.24, 2.45) is 7.05 Å². The van der Waals surface area contributed by atoms with Crippen LogP contribution in [-0.4, -0.2) is 64.0 Å². The first-order valence-corrected chi connectivity index (χ1v) is 8.90. The summed E-state index contributed by atoms with van der Waals surface area (Å²) >= 11 is 0. The van der Waals surface area contributed by atoms with Crippen LogP contribution in [0.15, 0.2) is 21.7 Å². The van der Waals surface area contributed by atoms with Crippen molar-refractivity contribution >= 4 is 5.82 Å². The predicted octanol–water partition coefficient (Wildman–Crippen LogP) is 0.624. The predicted molar refractivity (Wildman–Crippen MR) is 96.2 cm³/mol. The lowest BCUT2D eigenvalue weighted by Gasteiger charge is -2.36. The van der Waals surface area contributed by atoms with Crippen molar-refractivity contribution in [2.45, 2.75) is 32.4 Å². The van der Waals surface area contributed by atoms with Gasteiger partial charge in [-0.15, -0.1) is 0 Å². The van der Waals surface area contributed by atoms with Gasteiger partial charge in [0.1, 0.15) is 0 Å². The Morgan fingerprint density at radius 2 is 2.27 bits per heavy atom. The third-order valence-electron chi connectivity index (χ3n) is 4.71. The summed E-state index contributed by atoms with van der Waals surface area (Å²) in [5, 5.41) is 3.98. The van der Waals surface area contributed by atoms with E-state index in [0.29, 0.717) is 24.9 Å². The van der Waals surface area contributed by atoms with Gasteiger partial charge in [-0.3, -0.25) is 9.69 Å². The van der Waals surface area contributed by atoms with Crippen LogP contribution in [0.1, 0.15) is 31.6 Å². The van der Waals surface area contributed by atoms with Gasteiger partial charge in [0.05, 0.1) is 18.8 Å². The Morgan fingerprint density at radius 1 is 1.46 bits per heavy atom. The molecule has 0 amide bonds. The zero-order valence-corrected chi connectivity index (χ0v) is 15.8. The average molecular weight is 362 g/mol. The summed E-state index contributed by atoms with van der Waals surface area (Å²) in [7, 11) is 3.58. The molecule has 3 rings (SSSR count). The van der Waals surface area contributed by atoms with E-state index in [-0.39, 0.29) is 17.7 Å². The molecule has 2 aromatic heterocycles. The molecule has 0 unspecified atom stereocenters. The minimum Gasteiger partial charge on any atom is -0.374 e. The molecule has 0 saturated carbocycles. The van der Waals surface area contributed by atoms with Crippen molar-refractivity contribution in [3.63, 3.8) is 0 Å². The molecule has 9 heteroatoms. The lowest BCUT2D eigenvalue weighted by Crippen LogP contribution is -2.48. The maximum Gasteiger partial charge on any atom is 0.293 e. The molecule has 1 aliphatic heterocycles. The lowest BCUT2D eigenvalue weighted by atomic mass is 10.2. The Balaban J connectivity index is 1.64. The molecule has 9 nitrogen and oxygen atoms in total. The first-order chi connectivity index (χ1) is 12.5. The van der Waals surface area contributed by atoms with Crippen LogP contribution in [0.4, 0.5) is 5.82 Å². The van der Waals surface area contributed by atoms with Gasteiger partial charge in [0.25, 0.3) is 5.56 Å². The zero-order chi connectivity index (χ0) is 18.7. The molecule has 0 spiro atoms. The van der Waals surface area contributed by atoms with E-state index in [9.17, 15) is 4.79 Å². The molecule has 26 heavy (non-hydrogen) atoms. The molecule has 1 saturated heterocycles. The number of aromatic nitrogens is 4. The van der Waals surface area contributed by atoms with Crippen molar-refractivity contribution in [1.82, 2.24) is 24.6 Å². The Morgan fingerprint density at radius 3 is 3.00 bits per heavy atom. The minimum absolute atomic E-state index is 0.0298. The molecule has 0 aliphatic carbocycles. The summed E-state index contributed by atoms with van der Waals surface area (Å²) in [5.41, 5.74) is -0.117. The molecular formula is C17H26N6O3. The molecule has 0 bridgehead atoms. The standard InChI is InChI=1S/C17H26N6O3/c1-5-14-19-16(26-20-14)12(2)23-8-9-25-13(11-23)10-22(4)15-17(24)21(3)7-6-18-15/h6-7,12-13H,5,8-11H2,1-4H3/t12-,13-/m0/s1. The summed E-state index contributed by atoms with van der Waals surface area (Å²) < 4.78 is 12.8. The Hall–Kier alpha value is -2.26. The van der Waals surface area contributed by atoms with Crippen LogP contribution < -0.4 is 10.5 Å². The summed E-state index contributed by atoms with van der Waals surface area (Å²) in [5.74, 6) is 1.78. The number of morpholine rings is 1. The van der Waals surface area contributed by atoms with Gasteiger partial charge in [0.2, 0.25) is 5.89 Å². The van der Waals surface area contributed by atoms with Gasteiger partial charge in [-0.2, -0.15) is 4.98 Å². The topological polar surface area (TPSA) is 89.5 Å². The van der Waals surface area contributed by atoms with E-state index >= 15 is 0 Å². The van der Waals surface area contributed by atoms with Crippen molar-refractivity contribution in [2.75, 3.05) is 38.2 Å². The smallest absolute Gasteiger partial charge is 0.293 e. The molecule has 1 fully saturated rings. The van der Waals surface area contributed by atoms with E-state index in [1.807, 2.05) is 18.9 Å². The van der Waals surface area contributed by atoms with E-state index < -0.39 is 0 Å². The Bertz CT molecular complexity index is 789. The molecule has 3 heterocycles. The van der Waals surface area contributed by atoms with E-state index in [2.05, 4.69) is 26.9 Å². The van der Waals surface area contributed by atoms with Crippen LogP contribution in [0.5, 0.6) is 0 Å². The van der Waals surface area contributed by atoms with Gasteiger partial charge >= 0.3 is 0 Å². The molecule has 0 radical (unpaired) electrons. The van der Waals surface area contributed by atoms with Gasteiger partial charge in [-0.25, -0.2) is 4.98 Å². The number of aryl methyl sites for hydroxylation is 2. The average Bonchev–Trinajstić information content (AvgIpc) is 3.12. The zero-order valence-electron chi connectivity index (χ0n) is 15.8. The van der Waals surface area contributed by atoms with Gasteiger partial charge in [-0.1, -0.05) is 12.1 Å². The quantitative estimate of drug-likeness (QED) is 0.739. The number of likely N-dealkylation sites (N-methyl/N-ethyl adjacent to an activating group) is 1.